The van der Waals surface area contributed by atoms with Gasteiger partial charge in [-0.15, -0.1) is 0 Å². The van der Waals surface area contributed by atoms with E-state index < -0.39 is 0 Å². The summed E-state index contributed by atoms with van der Waals surface area (Å²) in [6.45, 7) is 7.59. The van der Waals surface area contributed by atoms with E-state index in [2.05, 4.69) is 0 Å². The zero-order valence-electron chi connectivity index (χ0n) is 12.6. The van der Waals surface area contributed by atoms with Gasteiger partial charge in [0, 0.05) is 11.3 Å². The summed E-state index contributed by atoms with van der Waals surface area (Å²) >= 11 is 0. The normalized spacial score (nSPS) is 11.7. The molecule has 0 saturated heterocycles. The summed E-state index contributed by atoms with van der Waals surface area (Å²) in [4.78, 5) is 0. The lowest BCUT2D eigenvalue weighted by molar-refractivity contribution is 0.665. The summed E-state index contributed by atoms with van der Waals surface area (Å²) in [6.07, 6.45) is 3.59. The molecule has 4 heteroatoms. The molecule has 20 heavy (non-hydrogen) atoms. The quantitative estimate of drug-likeness (QED) is 0.333. The second-order valence-corrected chi connectivity index (χ2v) is 3.91. The predicted molar refractivity (Wildman–Crippen MR) is 86.4 cm³/mol. The van der Waals surface area contributed by atoms with E-state index in [0.29, 0.717) is 17.7 Å². The summed E-state index contributed by atoms with van der Waals surface area (Å²) < 4.78 is 13.3. The highest BCUT2D eigenvalue weighted by atomic mass is 19.1. The Morgan fingerprint density at radius 1 is 1.35 bits per heavy atom. The third-order valence-corrected chi connectivity index (χ3v) is 2.68. The average Bonchev–Trinajstić information content (AvgIpc) is 2.46. The van der Waals surface area contributed by atoms with Crippen molar-refractivity contribution >= 4 is 17.1 Å². The summed E-state index contributed by atoms with van der Waals surface area (Å²) in [5.74, 6) is -0.346. The van der Waals surface area contributed by atoms with Crippen molar-refractivity contribution in [3.05, 3.63) is 47.3 Å². The molecule has 3 nitrogen and oxygen atoms in total. The minimum absolute atomic E-state index is 0.0688. The fraction of sp³-hybridized carbons (Fsp3) is 0.312. The Bertz CT molecular complexity index is 516. The van der Waals surface area contributed by atoms with Gasteiger partial charge in [-0.3, -0.25) is 5.41 Å². The van der Waals surface area contributed by atoms with Gasteiger partial charge in [-0.1, -0.05) is 32.9 Å². The van der Waals surface area contributed by atoms with Gasteiger partial charge in [0.2, 0.25) is 0 Å². The Hall–Kier alpha value is -2.10. The van der Waals surface area contributed by atoms with Crippen molar-refractivity contribution in [3.63, 3.8) is 0 Å². The first-order chi connectivity index (χ1) is 9.49. The van der Waals surface area contributed by atoms with E-state index in [1.165, 1.54) is 12.2 Å². The highest BCUT2D eigenvalue weighted by Gasteiger charge is 2.06. The number of nitrogens with one attached hydrogen (secondary N) is 1. The fourth-order valence-electron chi connectivity index (χ4n) is 1.65. The molecule has 5 N–H and O–H groups in total. The van der Waals surface area contributed by atoms with Crippen molar-refractivity contribution < 1.29 is 4.39 Å². The van der Waals surface area contributed by atoms with Gasteiger partial charge in [-0.05, 0) is 42.7 Å². The monoisotopic (exact) mass is 277 g/mol. The standard InChI is InChI=1S/C14H18FN3.C2H6/c1-3-9(7-11(15)4-2)10-5-6-12(14(17)18)13(16)8-10;1-2/h4-8H,3,16H2,1-2H3,(H3,17,18);1-2H3/b9-7+,11-4+;. The van der Waals surface area contributed by atoms with Gasteiger partial charge in [0.25, 0.3) is 0 Å². The van der Waals surface area contributed by atoms with Gasteiger partial charge in [0.1, 0.15) is 11.7 Å². The number of anilines is 1. The molecular formula is C16H24FN3. The van der Waals surface area contributed by atoms with Gasteiger partial charge >= 0.3 is 0 Å². The minimum atomic E-state index is -0.277. The van der Waals surface area contributed by atoms with Crippen LogP contribution >= 0.6 is 0 Å². The molecule has 0 aliphatic carbocycles. The van der Waals surface area contributed by atoms with Crippen molar-refractivity contribution in [1.29, 1.82) is 5.41 Å². The number of hydrogen-bond acceptors (Lipinski definition) is 2. The molecule has 0 saturated carbocycles. The van der Waals surface area contributed by atoms with Crippen LogP contribution in [0.5, 0.6) is 0 Å². The Morgan fingerprint density at radius 3 is 2.35 bits per heavy atom. The lowest BCUT2D eigenvalue weighted by atomic mass is 9.99. The number of allylic oxidation sites excluding steroid dienone is 4. The van der Waals surface area contributed by atoms with Crippen LogP contribution in [0.3, 0.4) is 0 Å². The second-order valence-electron chi connectivity index (χ2n) is 3.91. The molecule has 1 rings (SSSR count). The molecule has 0 bridgehead atoms. The Morgan fingerprint density at radius 2 is 1.95 bits per heavy atom. The molecule has 0 aromatic heterocycles. The third-order valence-electron chi connectivity index (χ3n) is 2.68. The molecule has 0 radical (unpaired) electrons. The van der Waals surface area contributed by atoms with Crippen molar-refractivity contribution in [2.45, 2.75) is 34.1 Å². The molecule has 0 amide bonds. The summed E-state index contributed by atoms with van der Waals surface area (Å²) in [6, 6.07) is 5.20. The Balaban J connectivity index is 0.00000172. The number of nitrogen functional groups attached to an aromatic ring is 2. The van der Waals surface area contributed by atoms with Crippen LogP contribution in [-0.2, 0) is 0 Å². The van der Waals surface area contributed by atoms with Crippen LogP contribution in [0.1, 0.15) is 45.2 Å². The topological polar surface area (TPSA) is 75.9 Å². The zero-order chi connectivity index (χ0) is 15.7. The van der Waals surface area contributed by atoms with Crippen molar-refractivity contribution in [1.82, 2.24) is 0 Å². The Labute approximate surface area is 120 Å². The van der Waals surface area contributed by atoms with E-state index in [1.54, 1.807) is 25.1 Å². The molecule has 0 fully saturated rings. The molecule has 0 unspecified atom stereocenters. The highest BCUT2D eigenvalue weighted by Crippen LogP contribution is 2.24. The van der Waals surface area contributed by atoms with E-state index in [4.69, 9.17) is 16.9 Å². The van der Waals surface area contributed by atoms with E-state index >= 15 is 0 Å². The number of benzene rings is 1. The first kappa shape index (κ1) is 17.9. The van der Waals surface area contributed by atoms with E-state index in [9.17, 15) is 4.39 Å². The minimum Gasteiger partial charge on any atom is -0.398 e. The van der Waals surface area contributed by atoms with E-state index in [1.807, 2.05) is 20.8 Å². The van der Waals surface area contributed by atoms with Gasteiger partial charge in [0.15, 0.2) is 0 Å². The predicted octanol–water partition coefficient (Wildman–Crippen LogP) is 4.25. The lowest BCUT2D eigenvalue weighted by Crippen LogP contribution is -2.13. The van der Waals surface area contributed by atoms with Crippen LogP contribution in [0.2, 0.25) is 0 Å². The number of nitrogens with two attached hydrogens (primary N) is 2. The molecular weight excluding hydrogens is 253 g/mol. The van der Waals surface area contributed by atoms with Crippen LogP contribution in [0.15, 0.2) is 36.2 Å². The number of amidine groups is 1. The molecule has 110 valence electrons. The highest BCUT2D eigenvalue weighted by molar-refractivity contribution is 6.00. The van der Waals surface area contributed by atoms with E-state index in [-0.39, 0.29) is 11.7 Å². The SMILES string of the molecule is C/C=C(F)\C=C(/CC)c1ccc(C(=N)N)c(N)c1.CC. The van der Waals surface area contributed by atoms with Crippen LogP contribution < -0.4 is 11.5 Å². The van der Waals surface area contributed by atoms with Crippen LogP contribution in [0.25, 0.3) is 5.57 Å². The largest absolute Gasteiger partial charge is 0.398 e. The second kappa shape index (κ2) is 8.91. The zero-order valence-corrected chi connectivity index (χ0v) is 12.6. The maximum Gasteiger partial charge on any atom is 0.124 e. The Kier molecular flexibility index (Phi) is 7.97. The first-order valence-electron chi connectivity index (χ1n) is 6.76. The molecule has 0 heterocycles. The van der Waals surface area contributed by atoms with Crippen molar-refractivity contribution in [2.75, 3.05) is 5.73 Å². The first-order valence-corrected chi connectivity index (χ1v) is 6.76. The number of rotatable bonds is 4. The van der Waals surface area contributed by atoms with Crippen LogP contribution in [-0.4, -0.2) is 5.84 Å². The third kappa shape index (κ3) is 4.88. The lowest BCUT2D eigenvalue weighted by Gasteiger charge is -2.09. The average molecular weight is 277 g/mol. The molecule has 0 spiro atoms. The van der Waals surface area contributed by atoms with E-state index in [0.717, 1.165) is 11.1 Å². The summed E-state index contributed by atoms with van der Waals surface area (Å²) in [5.41, 5.74) is 13.8. The molecule has 1 aromatic rings. The maximum atomic E-state index is 13.3. The summed E-state index contributed by atoms with van der Waals surface area (Å²) in [5, 5.41) is 7.36. The fourth-order valence-corrected chi connectivity index (χ4v) is 1.65. The van der Waals surface area contributed by atoms with Crippen LogP contribution in [0, 0.1) is 5.41 Å². The maximum absolute atomic E-state index is 13.3. The van der Waals surface area contributed by atoms with Gasteiger partial charge in [-0.2, -0.15) is 0 Å². The van der Waals surface area contributed by atoms with Crippen molar-refractivity contribution in [3.8, 4) is 0 Å². The number of hydrogen-bond donors (Lipinski definition) is 3. The smallest absolute Gasteiger partial charge is 0.124 e. The van der Waals surface area contributed by atoms with Gasteiger partial charge in [0.05, 0.1) is 0 Å². The van der Waals surface area contributed by atoms with Crippen LogP contribution in [0.4, 0.5) is 10.1 Å². The molecule has 0 atom stereocenters. The molecule has 1 aromatic carbocycles. The van der Waals surface area contributed by atoms with Gasteiger partial charge in [-0.25, -0.2) is 4.39 Å². The number of halogens is 1. The summed E-state index contributed by atoms with van der Waals surface area (Å²) in [7, 11) is 0. The molecule has 0 aliphatic rings. The van der Waals surface area contributed by atoms with Crippen molar-refractivity contribution in [2.24, 2.45) is 5.73 Å². The van der Waals surface area contributed by atoms with Gasteiger partial charge < -0.3 is 11.5 Å². The molecule has 0 aliphatic heterocycles.